The molecule has 3 N–H and O–H groups in total. The maximum Gasteiger partial charge on any atom is 0.319 e. The number of carbonyl (C=O) groups excluding carboxylic acids is 1. The molecular weight excluding hydrogens is 280 g/mol. The number of halogens is 1. The Morgan fingerprint density at radius 1 is 1.35 bits per heavy atom. The first-order chi connectivity index (χ1) is 9.45. The fraction of sp³-hybridized carbons (Fsp3) is 0.286. The summed E-state index contributed by atoms with van der Waals surface area (Å²) in [6.45, 7) is 1.91. The number of aryl methyl sites for hydroxylation is 1. The monoisotopic (exact) mass is 294 g/mol. The molecule has 0 fully saturated rings. The van der Waals surface area contributed by atoms with E-state index in [0.29, 0.717) is 17.1 Å². The van der Waals surface area contributed by atoms with Gasteiger partial charge in [-0.15, -0.1) is 0 Å². The zero-order valence-corrected chi connectivity index (χ0v) is 11.6. The van der Waals surface area contributed by atoms with E-state index in [1.54, 1.807) is 24.3 Å². The topological polar surface area (TPSA) is 78.4 Å². The highest BCUT2D eigenvalue weighted by Crippen LogP contribution is 2.23. The van der Waals surface area contributed by atoms with Gasteiger partial charge in [0, 0.05) is 0 Å². The van der Waals surface area contributed by atoms with E-state index >= 15 is 0 Å². The van der Waals surface area contributed by atoms with Crippen molar-refractivity contribution in [2.75, 3.05) is 5.32 Å². The molecule has 1 aromatic carbocycles. The molecule has 2 rings (SSSR count). The Hall–Kier alpha value is -2.01. The van der Waals surface area contributed by atoms with Gasteiger partial charge >= 0.3 is 12.0 Å². The average molecular weight is 295 g/mol. The summed E-state index contributed by atoms with van der Waals surface area (Å²) in [6, 6.07) is 4.64. The highest BCUT2D eigenvalue weighted by atomic mass is 35.5. The van der Waals surface area contributed by atoms with Gasteiger partial charge in [-0.2, -0.15) is 0 Å². The predicted molar refractivity (Wildman–Crippen MR) is 77.0 cm³/mol. The van der Waals surface area contributed by atoms with Crippen LogP contribution in [0, 0.1) is 12.8 Å². The molecule has 1 aromatic rings. The summed E-state index contributed by atoms with van der Waals surface area (Å²) < 4.78 is 0. The summed E-state index contributed by atoms with van der Waals surface area (Å²) in [5.41, 5.74) is 1.52. The summed E-state index contributed by atoms with van der Waals surface area (Å²) in [6.07, 6.45) is 3.64. The van der Waals surface area contributed by atoms with Gasteiger partial charge in [-0.05, 0) is 31.0 Å². The molecule has 1 aliphatic rings. The minimum Gasteiger partial charge on any atom is -0.481 e. The number of benzene rings is 1. The van der Waals surface area contributed by atoms with E-state index in [-0.39, 0.29) is 6.04 Å². The van der Waals surface area contributed by atoms with Crippen LogP contribution >= 0.6 is 11.6 Å². The van der Waals surface area contributed by atoms with Gasteiger partial charge < -0.3 is 15.7 Å². The van der Waals surface area contributed by atoms with Gasteiger partial charge in [0.15, 0.2) is 0 Å². The molecule has 2 unspecified atom stereocenters. The van der Waals surface area contributed by atoms with Crippen LogP contribution in [-0.4, -0.2) is 23.1 Å². The van der Waals surface area contributed by atoms with E-state index in [1.807, 2.05) is 13.0 Å². The van der Waals surface area contributed by atoms with Crippen molar-refractivity contribution in [3.05, 3.63) is 40.9 Å². The number of hydrogen-bond acceptors (Lipinski definition) is 2. The Labute approximate surface area is 121 Å². The van der Waals surface area contributed by atoms with Crippen molar-refractivity contribution in [1.29, 1.82) is 0 Å². The largest absolute Gasteiger partial charge is 0.481 e. The third-order valence-corrected chi connectivity index (χ3v) is 3.40. The van der Waals surface area contributed by atoms with Crippen LogP contribution in [0.5, 0.6) is 0 Å². The van der Waals surface area contributed by atoms with Gasteiger partial charge in [0.25, 0.3) is 0 Å². The SMILES string of the molecule is Cc1ccc(NC(=O)NC2C=CC(C(=O)O)C2)c(Cl)c1. The molecule has 0 aliphatic heterocycles. The molecule has 1 aliphatic carbocycles. The second kappa shape index (κ2) is 5.96. The Bertz CT molecular complexity index is 572. The molecule has 5 nitrogen and oxygen atoms in total. The number of amides is 2. The smallest absolute Gasteiger partial charge is 0.319 e. The fourth-order valence-electron chi connectivity index (χ4n) is 2.04. The summed E-state index contributed by atoms with van der Waals surface area (Å²) in [4.78, 5) is 22.6. The van der Waals surface area contributed by atoms with E-state index in [0.717, 1.165) is 5.56 Å². The average Bonchev–Trinajstić information content (AvgIpc) is 2.81. The van der Waals surface area contributed by atoms with Crippen LogP contribution in [0.3, 0.4) is 0 Å². The van der Waals surface area contributed by atoms with Gasteiger partial charge in [0.05, 0.1) is 22.7 Å². The Morgan fingerprint density at radius 2 is 2.10 bits per heavy atom. The molecule has 0 saturated heterocycles. The molecule has 20 heavy (non-hydrogen) atoms. The zero-order chi connectivity index (χ0) is 14.7. The van der Waals surface area contributed by atoms with Crippen LogP contribution in [0.25, 0.3) is 0 Å². The zero-order valence-electron chi connectivity index (χ0n) is 10.9. The minimum absolute atomic E-state index is 0.277. The van der Waals surface area contributed by atoms with Gasteiger partial charge in [0.2, 0.25) is 0 Å². The first kappa shape index (κ1) is 14.4. The van der Waals surface area contributed by atoms with Crippen molar-refractivity contribution in [3.63, 3.8) is 0 Å². The molecule has 0 aromatic heterocycles. The number of rotatable bonds is 3. The van der Waals surface area contributed by atoms with Crippen molar-refractivity contribution < 1.29 is 14.7 Å². The highest BCUT2D eigenvalue weighted by Gasteiger charge is 2.25. The Morgan fingerprint density at radius 3 is 2.70 bits per heavy atom. The summed E-state index contributed by atoms with van der Waals surface area (Å²) in [5, 5.41) is 14.7. The summed E-state index contributed by atoms with van der Waals surface area (Å²) >= 11 is 6.02. The van der Waals surface area contributed by atoms with E-state index in [4.69, 9.17) is 16.7 Å². The standard InChI is InChI=1S/C14H15ClN2O3/c1-8-2-5-12(11(15)6-8)17-14(20)16-10-4-3-9(7-10)13(18)19/h2-6,9-10H,7H2,1H3,(H,18,19)(H2,16,17,20). The number of aliphatic carboxylic acids is 1. The lowest BCUT2D eigenvalue weighted by molar-refractivity contribution is -0.140. The molecule has 106 valence electrons. The third kappa shape index (κ3) is 3.51. The normalized spacial score (nSPS) is 20.7. The lowest BCUT2D eigenvalue weighted by atomic mass is 10.1. The van der Waals surface area contributed by atoms with Crippen LogP contribution in [0.4, 0.5) is 10.5 Å². The highest BCUT2D eigenvalue weighted by molar-refractivity contribution is 6.33. The lowest BCUT2D eigenvalue weighted by Gasteiger charge is -2.14. The van der Waals surface area contributed by atoms with Gasteiger partial charge in [-0.25, -0.2) is 4.79 Å². The number of anilines is 1. The predicted octanol–water partition coefficient (Wildman–Crippen LogP) is 2.80. The number of nitrogens with one attached hydrogen (secondary N) is 2. The van der Waals surface area contributed by atoms with Crippen molar-refractivity contribution in [2.45, 2.75) is 19.4 Å². The fourth-order valence-corrected chi connectivity index (χ4v) is 2.32. The lowest BCUT2D eigenvalue weighted by Crippen LogP contribution is -2.36. The van der Waals surface area contributed by atoms with Crippen LogP contribution < -0.4 is 10.6 Å². The number of carboxylic acids is 1. The number of hydrogen-bond donors (Lipinski definition) is 3. The van der Waals surface area contributed by atoms with Crippen molar-refractivity contribution in [1.82, 2.24) is 5.32 Å². The molecular formula is C14H15ClN2O3. The van der Waals surface area contributed by atoms with Crippen molar-refractivity contribution in [2.24, 2.45) is 5.92 Å². The first-order valence-corrected chi connectivity index (χ1v) is 6.58. The van der Waals surface area contributed by atoms with E-state index in [2.05, 4.69) is 10.6 Å². The quantitative estimate of drug-likeness (QED) is 0.750. The maximum absolute atomic E-state index is 11.8. The molecule has 2 amide bonds. The second-order valence-corrected chi connectivity index (χ2v) is 5.16. The molecule has 0 saturated carbocycles. The molecule has 0 radical (unpaired) electrons. The van der Waals surface area contributed by atoms with Crippen molar-refractivity contribution >= 4 is 29.3 Å². The van der Waals surface area contributed by atoms with Crippen LogP contribution in [0.2, 0.25) is 5.02 Å². The van der Waals surface area contributed by atoms with E-state index in [9.17, 15) is 9.59 Å². The van der Waals surface area contributed by atoms with Crippen LogP contribution in [0.1, 0.15) is 12.0 Å². The molecule has 6 heteroatoms. The van der Waals surface area contributed by atoms with Gasteiger partial charge in [0.1, 0.15) is 0 Å². The minimum atomic E-state index is -0.882. The first-order valence-electron chi connectivity index (χ1n) is 6.20. The maximum atomic E-state index is 11.8. The van der Waals surface area contributed by atoms with Crippen LogP contribution in [0.15, 0.2) is 30.4 Å². The number of urea groups is 1. The number of carbonyl (C=O) groups is 2. The summed E-state index contributed by atoms with van der Waals surface area (Å²) in [7, 11) is 0. The molecule has 2 atom stereocenters. The van der Waals surface area contributed by atoms with Gasteiger partial charge in [-0.3, -0.25) is 4.79 Å². The Balaban J connectivity index is 1.90. The summed E-state index contributed by atoms with van der Waals surface area (Å²) in [5.74, 6) is -1.42. The second-order valence-electron chi connectivity index (χ2n) is 4.75. The van der Waals surface area contributed by atoms with Crippen molar-refractivity contribution in [3.8, 4) is 0 Å². The third-order valence-electron chi connectivity index (χ3n) is 3.09. The molecule has 0 heterocycles. The molecule has 0 bridgehead atoms. The molecule has 0 spiro atoms. The Kier molecular flexibility index (Phi) is 4.29. The van der Waals surface area contributed by atoms with Gasteiger partial charge in [-0.1, -0.05) is 29.8 Å². The van der Waals surface area contributed by atoms with Crippen LogP contribution in [-0.2, 0) is 4.79 Å². The number of carboxylic acid groups (broad SMARTS) is 1. The van der Waals surface area contributed by atoms with E-state index < -0.39 is 17.9 Å². The van der Waals surface area contributed by atoms with E-state index in [1.165, 1.54) is 0 Å².